The van der Waals surface area contributed by atoms with E-state index in [1.165, 1.54) is 6.20 Å². The number of carbonyl (C=O) groups is 1. The van der Waals surface area contributed by atoms with E-state index in [-0.39, 0.29) is 5.56 Å². The predicted octanol–water partition coefficient (Wildman–Crippen LogP) is 1.77. The molecule has 4 heteroatoms. The first-order valence-electron chi connectivity index (χ1n) is 4.49. The van der Waals surface area contributed by atoms with Gasteiger partial charge in [0, 0.05) is 12.7 Å². The van der Waals surface area contributed by atoms with Gasteiger partial charge in [0.2, 0.25) is 0 Å². The quantitative estimate of drug-likeness (QED) is 0.706. The van der Waals surface area contributed by atoms with Gasteiger partial charge < -0.3 is 5.11 Å². The monoisotopic (exact) mass is 182 g/mol. The van der Waals surface area contributed by atoms with E-state index in [1.807, 2.05) is 0 Å². The molecule has 0 saturated carbocycles. The molecule has 1 rings (SSSR count). The molecule has 4 nitrogen and oxygen atoms in total. The van der Waals surface area contributed by atoms with Crippen LogP contribution >= 0.6 is 0 Å². The van der Waals surface area contributed by atoms with Crippen molar-refractivity contribution in [3.05, 3.63) is 18.0 Å². The van der Waals surface area contributed by atoms with E-state index in [0.29, 0.717) is 0 Å². The van der Waals surface area contributed by atoms with Gasteiger partial charge >= 0.3 is 5.97 Å². The number of aromatic carboxylic acids is 1. The van der Waals surface area contributed by atoms with Gasteiger partial charge in [-0.25, -0.2) is 4.79 Å². The molecule has 0 aliphatic carbocycles. The van der Waals surface area contributed by atoms with Crippen molar-refractivity contribution in [1.82, 2.24) is 9.78 Å². The highest BCUT2D eigenvalue weighted by Crippen LogP contribution is 2.01. The number of unbranched alkanes of at least 4 members (excludes halogenated alkanes) is 2. The fourth-order valence-corrected chi connectivity index (χ4v) is 1.12. The molecule has 0 aliphatic rings. The summed E-state index contributed by atoms with van der Waals surface area (Å²) in [5.41, 5.74) is 0.261. The van der Waals surface area contributed by atoms with Gasteiger partial charge in [0.05, 0.1) is 11.8 Å². The van der Waals surface area contributed by atoms with Crippen LogP contribution in [0.25, 0.3) is 0 Å². The number of rotatable bonds is 5. The molecule has 0 aromatic carbocycles. The molecule has 0 fully saturated rings. The van der Waals surface area contributed by atoms with Crippen LogP contribution in [0.5, 0.6) is 0 Å². The highest BCUT2D eigenvalue weighted by molar-refractivity contribution is 5.86. The first kappa shape index (κ1) is 9.77. The number of carboxylic acids is 1. The first-order chi connectivity index (χ1) is 6.24. The Bertz CT molecular complexity index is 281. The summed E-state index contributed by atoms with van der Waals surface area (Å²) in [5.74, 6) is -0.915. The third-order valence-electron chi connectivity index (χ3n) is 1.87. The summed E-state index contributed by atoms with van der Waals surface area (Å²) in [4.78, 5) is 10.5. The van der Waals surface area contributed by atoms with Gasteiger partial charge in [0.1, 0.15) is 0 Å². The second kappa shape index (κ2) is 4.64. The highest BCUT2D eigenvalue weighted by Gasteiger charge is 2.04. The molecule has 72 valence electrons. The third-order valence-corrected chi connectivity index (χ3v) is 1.87. The molecule has 0 amide bonds. The fourth-order valence-electron chi connectivity index (χ4n) is 1.12. The minimum atomic E-state index is -0.915. The lowest BCUT2D eigenvalue weighted by molar-refractivity contribution is 0.0697. The number of hydrogen-bond donors (Lipinski definition) is 1. The van der Waals surface area contributed by atoms with Gasteiger partial charge in [-0.1, -0.05) is 19.8 Å². The van der Waals surface area contributed by atoms with Crippen LogP contribution in [0.4, 0.5) is 0 Å². The largest absolute Gasteiger partial charge is 0.478 e. The van der Waals surface area contributed by atoms with Crippen molar-refractivity contribution in [1.29, 1.82) is 0 Å². The lowest BCUT2D eigenvalue weighted by atomic mass is 10.2. The van der Waals surface area contributed by atoms with Crippen LogP contribution in [0, 0.1) is 0 Å². The van der Waals surface area contributed by atoms with Gasteiger partial charge in [-0.3, -0.25) is 4.68 Å². The Morgan fingerprint density at radius 3 is 2.92 bits per heavy atom. The van der Waals surface area contributed by atoms with Gasteiger partial charge in [0.15, 0.2) is 0 Å². The Kier molecular flexibility index (Phi) is 3.49. The van der Waals surface area contributed by atoms with Crippen molar-refractivity contribution in [2.75, 3.05) is 0 Å². The van der Waals surface area contributed by atoms with Crippen LogP contribution in [0.1, 0.15) is 36.5 Å². The lowest BCUT2D eigenvalue weighted by Gasteiger charge is -1.98. The second-order valence-corrected chi connectivity index (χ2v) is 3.00. The molecule has 1 aromatic heterocycles. The van der Waals surface area contributed by atoms with Gasteiger partial charge in [-0.05, 0) is 6.42 Å². The smallest absolute Gasteiger partial charge is 0.338 e. The molecule has 1 heterocycles. The average Bonchev–Trinajstić information content (AvgIpc) is 2.53. The molecule has 0 radical (unpaired) electrons. The van der Waals surface area contributed by atoms with E-state index in [9.17, 15) is 4.79 Å². The summed E-state index contributed by atoms with van der Waals surface area (Å²) >= 11 is 0. The van der Waals surface area contributed by atoms with E-state index >= 15 is 0 Å². The molecule has 13 heavy (non-hydrogen) atoms. The summed E-state index contributed by atoms with van der Waals surface area (Å²) < 4.78 is 1.68. The third kappa shape index (κ3) is 2.89. The zero-order valence-electron chi connectivity index (χ0n) is 7.73. The summed E-state index contributed by atoms with van der Waals surface area (Å²) in [5, 5.41) is 12.6. The Balaban J connectivity index is 2.44. The standard InChI is InChI=1S/C9H14N2O2/c1-2-3-4-5-11-7-8(6-10-11)9(12)13/h6-7H,2-5H2,1H3,(H,12,13). The maximum absolute atomic E-state index is 10.5. The summed E-state index contributed by atoms with van der Waals surface area (Å²) in [6.45, 7) is 2.94. The number of aromatic nitrogens is 2. The van der Waals surface area contributed by atoms with Crippen LogP contribution in [0.2, 0.25) is 0 Å². The van der Waals surface area contributed by atoms with Crippen molar-refractivity contribution in [3.63, 3.8) is 0 Å². The van der Waals surface area contributed by atoms with E-state index in [1.54, 1.807) is 10.9 Å². The normalized spacial score (nSPS) is 10.2. The topological polar surface area (TPSA) is 55.1 Å². The van der Waals surface area contributed by atoms with Crippen LogP contribution in [-0.4, -0.2) is 20.9 Å². The SMILES string of the molecule is CCCCCn1cc(C(=O)O)cn1. The number of carboxylic acid groups (broad SMARTS) is 1. The van der Waals surface area contributed by atoms with Crippen molar-refractivity contribution >= 4 is 5.97 Å². The van der Waals surface area contributed by atoms with Crippen LogP contribution < -0.4 is 0 Å². The maximum Gasteiger partial charge on any atom is 0.338 e. The summed E-state index contributed by atoms with van der Waals surface area (Å²) in [6.07, 6.45) is 6.32. The zero-order chi connectivity index (χ0) is 9.68. The van der Waals surface area contributed by atoms with Crippen molar-refractivity contribution in [2.24, 2.45) is 0 Å². The van der Waals surface area contributed by atoms with Crippen LogP contribution in [0.3, 0.4) is 0 Å². The Hall–Kier alpha value is -1.32. The molecule has 0 unspecified atom stereocenters. The van der Waals surface area contributed by atoms with Crippen molar-refractivity contribution < 1.29 is 9.90 Å². The Morgan fingerprint density at radius 2 is 2.38 bits per heavy atom. The lowest BCUT2D eigenvalue weighted by Crippen LogP contribution is -1.98. The summed E-state index contributed by atoms with van der Waals surface area (Å²) in [7, 11) is 0. The molecule has 0 bridgehead atoms. The molecule has 0 atom stereocenters. The van der Waals surface area contributed by atoms with Gasteiger partial charge in [-0.2, -0.15) is 5.10 Å². The minimum Gasteiger partial charge on any atom is -0.478 e. The van der Waals surface area contributed by atoms with Crippen molar-refractivity contribution in [2.45, 2.75) is 32.7 Å². The molecule has 0 saturated heterocycles. The Labute approximate surface area is 77.2 Å². The van der Waals surface area contributed by atoms with Crippen LogP contribution in [0.15, 0.2) is 12.4 Å². The number of hydrogen-bond acceptors (Lipinski definition) is 2. The van der Waals surface area contributed by atoms with E-state index < -0.39 is 5.97 Å². The van der Waals surface area contributed by atoms with E-state index in [4.69, 9.17) is 5.11 Å². The maximum atomic E-state index is 10.5. The van der Waals surface area contributed by atoms with Crippen LogP contribution in [-0.2, 0) is 6.54 Å². The first-order valence-corrected chi connectivity index (χ1v) is 4.49. The number of nitrogens with zero attached hydrogens (tertiary/aromatic N) is 2. The highest BCUT2D eigenvalue weighted by atomic mass is 16.4. The summed E-state index contributed by atoms with van der Waals surface area (Å²) in [6, 6.07) is 0. The molecular formula is C9H14N2O2. The molecule has 0 aliphatic heterocycles. The van der Waals surface area contributed by atoms with Gasteiger partial charge in [-0.15, -0.1) is 0 Å². The second-order valence-electron chi connectivity index (χ2n) is 3.00. The molecule has 1 N–H and O–H groups in total. The van der Waals surface area contributed by atoms with E-state index in [2.05, 4.69) is 12.0 Å². The minimum absolute atomic E-state index is 0.261. The molecule has 0 spiro atoms. The average molecular weight is 182 g/mol. The zero-order valence-corrected chi connectivity index (χ0v) is 7.73. The van der Waals surface area contributed by atoms with Gasteiger partial charge in [0.25, 0.3) is 0 Å². The molecular weight excluding hydrogens is 168 g/mol. The predicted molar refractivity (Wildman–Crippen MR) is 48.7 cm³/mol. The molecule has 1 aromatic rings. The number of aryl methyl sites for hydroxylation is 1. The van der Waals surface area contributed by atoms with E-state index in [0.717, 1.165) is 25.8 Å². The fraction of sp³-hybridized carbons (Fsp3) is 0.556. The van der Waals surface area contributed by atoms with Crippen molar-refractivity contribution in [3.8, 4) is 0 Å². The Morgan fingerprint density at radius 1 is 1.62 bits per heavy atom.